The van der Waals surface area contributed by atoms with E-state index in [-0.39, 0.29) is 0 Å². The molecule has 1 aromatic carbocycles. The predicted molar refractivity (Wildman–Crippen MR) is 89.5 cm³/mol. The molecule has 0 aliphatic rings. The molecule has 1 rings (SSSR count). The summed E-state index contributed by atoms with van der Waals surface area (Å²) in [6.07, 6.45) is 0.999. The lowest BCUT2D eigenvalue weighted by Gasteiger charge is -2.21. The molecule has 0 aliphatic heterocycles. The van der Waals surface area contributed by atoms with Crippen LogP contribution in [0.15, 0.2) is 24.3 Å². The van der Waals surface area contributed by atoms with Crippen molar-refractivity contribution in [3.05, 3.63) is 27.8 Å². The monoisotopic (exact) mass is 393 g/mol. The topological polar surface area (TPSA) is 30.9 Å². The Kier molecular flexibility index (Phi) is 10.00. The molecular formula is C15H24INO3. The molecule has 114 valence electrons. The third kappa shape index (κ3) is 8.04. The molecule has 4 nitrogen and oxygen atoms in total. The van der Waals surface area contributed by atoms with E-state index < -0.39 is 0 Å². The second-order valence-corrected chi connectivity index (χ2v) is 5.73. The highest BCUT2D eigenvalue weighted by atomic mass is 127. The van der Waals surface area contributed by atoms with Crippen LogP contribution in [-0.4, -0.2) is 58.6 Å². The third-order valence-electron chi connectivity index (χ3n) is 2.92. The number of hydrogen-bond donors (Lipinski definition) is 0. The SMILES string of the molecule is COCCN(CCCOc1ccc(I)cc1)CCOC. The fraction of sp³-hybridized carbons (Fsp3) is 0.600. The number of methoxy groups -OCH3 is 2. The van der Waals surface area contributed by atoms with E-state index in [1.807, 2.05) is 12.1 Å². The molecular weight excluding hydrogens is 369 g/mol. The quantitative estimate of drug-likeness (QED) is 0.427. The molecule has 5 heteroatoms. The smallest absolute Gasteiger partial charge is 0.119 e. The molecule has 0 fully saturated rings. The first kappa shape index (κ1) is 17.7. The van der Waals surface area contributed by atoms with Gasteiger partial charge in [-0.05, 0) is 53.3 Å². The molecule has 0 unspecified atom stereocenters. The number of ether oxygens (including phenoxy) is 3. The van der Waals surface area contributed by atoms with Gasteiger partial charge >= 0.3 is 0 Å². The van der Waals surface area contributed by atoms with Crippen LogP contribution in [0.3, 0.4) is 0 Å². The van der Waals surface area contributed by atoms with Gasteiger partial charge in [-0.3, -0.25) is 4.90 Å². The standard InChI is InChI=1S/C15H24INO3/c1-18-12-9-17(10-13-19-2)8-3-11-20-15-6-4-14(16)5-7-15/h4-7H,3,8-13H2,1-2H3. The lowest BCUT2D eigenvalue weighted by molar-refractivity contribution is 0.110. The Morgan fingerprint density at radius 3 is 2.05 bits per heavy atom. The van der Waals surface area contributed by atoms with Gasteiger partial charge in [-0.1, -0.05) is 0 Å². The molecule has 0 aromatic heterocycles. The van der Waals surface area contributed by atoms with Crippen molar-refractivity contribution in [2.75, 3.05) is 53.7 Å². The second-order valence-electron chi connectivity index (χ2n) is 4.48. The lowest BCUT2D eigenvalue weighted by atomic mass is 10.3. The Labute approximate surface area is 135 Å². The van der Waals surface area contributed by atoms with Crippen LogP contribution in [0, 0.1) is 3.57 Å². The first-order chi connectivity index (χ1) is 9.76. The number of benzene rings is 1. The van der Waals surface area contributed by atoms with Gasteiger partial charge in [-0.25, -0.2) is 0 Å². The van der Waals surface area contributed by atoms with Gasteiger partial charge in [0.1, 0.15) is 5.75 Å². The number of hydrogen-bond acceptors (Lipinski definition) is 4. The van der Waals surface area contributed by atoms with E-state index in [0.717, 1.165) is 51.6 Å². The third-order valence-corrected chi connectivity index (χ3v) is 3.64. The Balaban J connectivity index is 2.19. The zero-order chi connectivity index (χ0) is 14.6. The van der Waals surface area contributed by atoms with Crippen molar-refractivity contribution in [3.63, 3.8) is 0 Å². The van der Waals surface area contributed by atoms with Crippen molar-refractivity contribution in [3.8, 4) is 5.75 Å². The van der Waals surface area contributed by atoms with E-state index in [1.54, 1.807) is 14.2 Å². The van der Waals surface area contributed by atoms with Gasteiger partial charge in [0.15, 0.2) is 0 Å². The van der Waals surface area contributed by atoms with Gasteiger partial charge < -0.3 is 14.2 Å². The fourth-order valence-corrected chi connectivity index (χ4v) is 2.14. The maximum Gasteiger partial charge on any atom is 0.119 e. The van der Waals surface area contributed by atoms with Crippen molar-refractivity contribution in [1.82, 2.24) is 4.90 Å². The summed E-state index contributed by atoms with van der Waals surface area (Å²) in [6, 6.07) is 8.13. The average molecular weight is 393 g/mol. The van der Waals surface area contributed by atoms with E-state index in [0.29, 0.717) is 0 Å². The zero-order valence-corrected chi connectivity index (χ0v) is 14.5. The molecule has 0 N–H and O–H groups in total. The zero-order valence-electron chi connectivity index (χ0n) is 12.3. The molecule has 0 spiro atoms. The molecule has 20 heavy (non-hydrogen) atoms. The summed E-state index contributed by atoms with van der Waals surface area (Å²) < 4.78 is 17.2. The first-order valence-corrected chi connectivity index (χ1v) is 7.92. The minimum absolute atomic E-state index is 0.733. The minimum atomic E-state index is 0.733. The Morgan fingerprint density at radius 2 is 1.50 bits per heavy atom. The molecule has 0 amide bonds. The maximum absolute atomic E-state index is 5.73. The van der Waals surface area contributed by atoms with E-state index in [4.69, 9.17) is 14.2 Å². The number of nitrogens with zero attached hydrogens (tertiary/aromatic N) is 1. The minimum Gasteiger partial charge on any atom is -0.494 e. The second kappa shape index (κ2) is 11.3. The van der Waals surface area contributed by atoms with Crippen LogP contribution in [0.2, 0.25) is 0 Å². The number of rotatable bonds is 11. The van der Waals surface area contributed by atoms with Gasteiger partial charge in [-0.15, -0.1) is 0 Å². The molecule has 0 heterocycles. The normalized spacial score (nSPS) is 11.0. The van der Waals surface area contributed by atoms with Crippen molar-refractivity contribution < 1.29 is 14.2 Å². The fourth-order valence-electron chi connectivity index (χ4n) is 1.79. The summed E-state index contributed by atoms with van der Waals surface area (Å²) in [4.78, 5) is 2.34. The van der Waals surface area contributed by atoms with Crippen LogP contribution >= 0.6 is 22.6 Å². The molecule has 0 atom stereocenters. The first-order valence-electron chi connectivity index (χ1n) is 6.85. The summed E-state index contributed by atoms with van der Waals surface area (Å²) in [5, 5.41) is 0. The summed E-state index contributed by atoms with van der Waals surface area (Å²) in [5.74, 6) is 0.936. The molecule has 0 saturated carbocycles. The Hall–Kier alpha value is -0.370. The molecule has 0 saturated heterocycles. The summed E-state index contributed by atoms with van der Waals surface area (Å²) in [6.45, 7) is 5.10. The Bertz CT molecular complexity index is 337. The van der Waals surface area contributed by atoms with Crippen molar-refractivity contribution in [2.24, 2.45) is 0 Å². The largest absolute Gasteiger partial charge is 0.494 e. The highest BCUT2D eigenvalue weighted by Gasteiger charge is 2.04. The molecule has 1 aromatic rings. The van der Waals surface area contributed by atoms with E-state index in [9.17, 15) is 0 Å². The summed E-state index contributed by atoms with van der Waals surface area (Å²) in [5.41, 5.74) is 0. The van der Waals surface area contributed by atoms with Gasteiger partial charge in [0.2, 0.25) is 0 Å². The molecule has 0 bridgehead atoms. The lowest BCUT2D eigenvalue weighted by Crippen LogP contribution is -2.32. The predicted octanol–water partition coefficient (Wildman–Crippen LogP) is 2.65. The Morgan fingerprint density at radius 1 is 0.900 bits per heavy atom. The van der Waals surface area contributed by atoms with Crippen LogP contribution < -0.4 is 4.74 Å². The van der Waals surface area contributed by atoms with Gasteiger partial charge in [0, 0.05) is 37.4 Å². The number of halogens is 1. The van der Waals surface area contributed by atoms with E-state index >= 15 is 0 Å². The van der Waals surface area contributed by atoms with E-state index in [2.05, 4.69) is 39.6 Å². The van der Waals surface area contributed by atoms with Crippen LogP contribution in [0.25, 0.3) is 0 Å². The highest BCUT2D eigenvalue weighted by molar-refractivity contribution is 14.1. The van der Waals surface area contributed by atoms with Gasteiger partial charge in [0.05, 0.1) is 19.8 Å². The van der Waals surface area contributed by atoms with Crippen LogP contribution in [0.4, 0.5) is 0 Å². The molecule has 0 aliphatic carbocycles. The summed E-state index contributed by atoms with van der Waals surface area (Å²) in [7, 11) is 3.46. The van der Waals surface area contributed by atoms with Crippen LogP contribution in [0.1, 0.15) is 6.42 Å². The van der Waals surface area contributed by atoms with Crippen LogP contribution in [-0.2, 0) is 9.47 Å². The van der Waals surface area contributed by atoms with Crippen LogP contribution in [0.5, 0.6) is 5.75 Å². The van der Waals surface area contributed by atoms with Gasteiger partial charge in [-0.2, -0.15) is 0 Å². The highest BCUT2D eigenvalue weighted by Crippen LogP contribution is 2.13. The van der Waals surface area contributed by atoms with E-state index in [1.165, 1.54) is 3.57 Å². The molecule has 0 radical (unpaired) electrons. The summed E-state index contributed by atoms with van der Waals surface area (Å²) >= 11 is 2.29. The average Bonchev–Trinajstić information content (AvgIpc) is 2.47. The van der Waals surface area contributed by atoms with Crippen molar-refractivity contribution in [1.29, 1.82) is 0 Å². The maximum atomic E-state index is 5.73. The van der Waals surface area contributed by atoms with Crippen molar-refractivity contribution in [2.45, 2.75) is 6.42 Å². The van der Waals surface area contributed by atoms with Crippen molar-refractivity contribution >= 4 is 22.6 Å². The van der Waals surface area contributed by atoms with Gasteiger partial charge in [0.25, 0.3) is 0 Å².